The van der Waals surface area contributed by atoms with Crippen LogP contribution in [0.3, 0.4) is 0 Å². The van der Waals surface area contributed by atoms with Crippen LogP contribution >= 0.6 is 0 Å². The monoisotopic (exact) mass is 322 g/mol. The smallest absolute Gasteiger partial charge is 0.258 e. The summed E-state index contributed by atoms with van der Waals surface area (Å²) in [6, 6.07) is 13.3. The van der Waals surface area contributed by atoms with Gasteiger partial charge in [0.2, 0.25) is 5.91 Å². The van der Waals surface area contributed by atoms with E-state index in [1.165, 1.54) is 6.07 Å². The number of hydrogen-bond donors (Lipinski definition) is 2. The van der Waals surface area contributed by atoms with E-state index in [4.69, 9.17) is 10.3 Å². The fourth-order valence-corrected chi connectivity index (χ4v) is 2.22. The summed E-state index contributed by atoms with van der Waals surface area (Å²) in [7, 11) is 0. The molecule has 2 amide bonds. The number of benzene rings is 2. The Balaban J connectivity index is 1.91. The Morgan fingerprint density at radius 3 is 2.62 bits per heavy atom. The Hall–Kier alpha value is -3.48. The summed E-state index contributed by atoms with van der Waals surface area (Å²) >= 11 is 0. The number of carbonyl (C=O) groups excluding carboxylic acids is 2. The minimum Gasteiger partial charge on any atom is -0.366 e. The number of rotatable bonds is 4. The summed E-state index contributed by atoms with van der Waals surface area (Å²) in [5, 5.41) is 6.47. The molecule has 0 radical (unpaired) electrons. The molecule has 0 fully saturated rings. The average molecular weight is 322 g/mol. The van der Waals surface area contributed by atoms with E-state index in [-0.39, 0.29) is 11.8 Å². The van der Waals surface area contributed by atoms with Crippen molar-refractivity contribution in [2.75, 3.05) is 5.32 Å². The molecule has 1 aromatic heterocycles. The van der Waals surface area contributed by atoms with Crippen LogP contribution in [0, 0.1) is 6.92 Å². The SMILES string of the molecule is Cc1noc(-c2ccccc2C(=O)Nc2cccc(C(N)=O)c2)n1. The van der Waals surface area contributed by atoms with Gasteiger partial charge in [-0.2, -0.15) is 4.98 Å². The van der Waals surface area contributed by atoms with Crippen LogP contribution in [0.4, 0.5) is 5.69 Å². The fraction of sp³-hybridized carbons (Fsp3) is 0.0588. The Bertz CT molecular complexity index is 917. The number of amides is 2. The van der Waals surface area contributed by atoms with Crippen LogP contribution in [-0.4, -0.2) is 22.0 Å². The number of anilines is 1. The maximum absolute atomic E-state index is 12.6. The third kappa shape index (κ3) is 3.14. The molecule has 1 heterocycles. The minimum absolute atomic E-state index is 0.268. The summed E-state index contributed by atoms with van der Waals surface area (Å²) in [5.41, 5.74) is 6.94. The van der Waals surface area contributed by atoms with Gasteiger partial charge in [0.25, 0.3) is 11.8 Å². The Morgan fingerprint density at radius 2 is 1.92 bits per heavy atom. The molecule has 0 bridgehead atoms. The van der Waals surface area contributed by atoms with Crippen LogP contribution in [0.25, 0.3) is 11.5 Å². The molecule has 0 aliphatic rings. The molecule has 0 aliphatic carbocycles. The van der Waals surface area contributed by atoms with Crippen molar-refractivity contribution >= 4 is 17.5 Å². The van der Waals surface area contributed by atoms with E-state index in [9.17, 15) is 9.59 Å². The minimum atomic E-state index is -0.562. The third-order valence-electron chi connectivity index (χ3n) is 3.33. The number of nitrogens with zero attached hydrogens (tertiary/aromatic N) is 2. The molecule has 3 rings (SSSR count). The van der Waals surface area contributed by atoms with E-state index in [1.807, 2.05) is 0 Å². The first-order chi connectivity index (χ1) is 11.5. The van der Waals surface area contributed by atoms with Crippen molar-refractivity contribution in [2.24, 2.45) is 5.73 Å². The highest BCUT2D eigenvalue weighted by atomic mass is 16.5. The van der Waals surface area contributed by atoms with Gasteiger partial charge in [0, 0.05) is 11.3 Å². The lowest BCUT2D eigenvalue weighted by Crippen LogP contribution is -2.15. The average Bonchev–Trinajstić information content (AvgIpc) is 3.01. The van der Waals surface area contributed by atoms with E-state index in [2.05, 4.69) is 15.5 Å². The van der Waals surface area contributed by atoms with E-state index in [0.717, 1.165) is 0 Å². The lowest BCUT2D eigenvalue weighted by atomic mass is 10.1. The van der Waals surface area contributed by atoms with Crippen LogP contribution in [0.2, 0.25) is 0 Å². The van der Waals surface area contributed by atoms with Crippen LogP contribution in [0.1, 0.15) is 26.5 Å². The summed E-state index contributed by atoms with van der Waals surface area (Å²) in [5.74, 6) is -0.172. The zero-order valence-corrected chi connectivity index (χ0v) is 12.8. The quantitative estimate of drug-likeness (QED) is 0.766. The Labute approximate surface area is 137 Å². The zero-order chi connectivity index (χ0) is 17.1. The Kier molecular flexibility index (Phi) is 4.07. The highest BCUT2D eigenvalue weighted by Crippen LogP contribution is 2.23. The van der Waals surface area contributed by atoms with Gasteiger partial charge in [-0.15, -0.1) is 0 Å². The van der Waals surface area contributed by atoms with E-state index in [1.54, 1.807) is 49.4 Å². The Morgan fingerprint density at radius 1 is 1.12 bits per heavy atom. The van der Waals surface area contributed by atoms with Crippen molar-refractivity contribution in [1.29, 1.82) is 0 Å². The van der Waals surface area contributed by atoms with Gasteiger partial charge in [-0.3, -0.25) is 9.59 Å². The van der Waals surface area contributed by atoms with Crippen molar-refractivity contribution in [2.45, 2.75) is 6.92 Å². The van der Waals surface area contributed by atoms with Gasteiger partial charge < -0.3 is 15.6 Å². The molecule has 24 heavy (non-hydrogen) atoms. The van der Waals surface area contributed by atoms with E-state index >= 15 is 0 Å². The van der Waals surface area contributed by atoms with Crippen molar-refractivity contribution in [3.05, 3.63) is 65.5 Å². The van der Waals surface area contributed by atoms with Gasteiger partial charge in [0.1, 0.15) is 0 Å². The van der Waals surface area contributed by atoms with Gasteiger partial charge in [-0.05, 0) is 37.3 Å². The highest BCUT2D eigenvalue weighted by molar-refractivity contribution is 6.08. The molecule has 0 atom stereocenters. The second-order valence-corrected chi connectivity index (χ2v) is 5.09. The second kappa shape index (κ2) is 6.33. The summed E-state index contributed by atoms with van der Waals surface area (Å²) in [6.07, 6.45) is 0. The summed E-state index contributed by atoms with van der Waals surface area (Å²) in [6.45, 7) is 1.70. The fourth-order valence-electron chi connectivity index (χ4n) is 2.22. The van der Waals surface area contributed by atoms with Gasteiger partial charge >= 0.3 is 0 Å². The third-order valence-corrected chi connectivity index (χ3v) is 3.33. The van der Waals surface area contributed by atoms with Crippen LogP contribution in [-0.2, 0) is 0 Å². The van der Waals surface area contributed by atoms with Crippen molar-refractivity contribution in [1.82, 2.24) is 10.1 Å². The molecule has 3 N–H and O–H groups in total. The molecular formula is C17H14N4O3. The number of aryl methyl sites for hydroxylation is 1. The first kappa shape index (κ1) is 15.4. The number of nitrogens with one attached hydrogen (secondary N) is 1. The lowest BCUT2D eigenvalue weighted by Gasteiger charge is -2.08. The zero-order valence-electron chi connectivity index (χ0n) is 12.8. The van der Waals surface area contributed by atoms with Crippen molar-refractivity contribution < 1.29 is 14.1 Å². The second-order valence-electron chi connectivity index (χ2n) is 5.09. The number of carbonyl (C=O) groups is 2. The van der Waals surface area contributed by atoms with Crippen LogP contribution in [0.5, 0.6) is 0 Å². The van der Waals surface area contributed by atoms with Gasteiger partial charge in [-0.1, -0.05) is 23.4 Å². The molecule has 0 saturated carbocycles. The number of hydrogen-bond acceptors (Lipinski definition) is 5. The van der Waals surface area contributed by atoms with E-state index in [0.29, 0.717) is 28.2 Å². The van der Waals surface area contributed by atoms with E-state index < -0.39 is 5.91 Å². The predicted octanol–water partition coefficient (Wildman–Crippen LogP) is 2.40. The number of primary amides is 1. The maximum Gasteiger partial charge on any atom is 0.258 e. The maximum atomic E-state index is 12.6. The molecular weight excluding hydrogens is 308 g/mol. The van der Waals surface area contributed by atoms with Crippen molar-refractivity contribution in [3.8, 4) is 11.5 Å². The molecule has 0 saturated heterocycles. The molecule has 120 valence electrons. The normalized spacial score (nSPS) is 10.4. The summed E-state index contributed by atoms with van der Waals surface area (Å²) < 4.78 is 5.14. The number of nitrogens with two attached hydrogens (primary N) is 1. The summed E-state index contributed by atoms with van der Waals surface area (Å²) in [4.78, 5) is 28.0. The molecule has 2 aromatic carbocycles. The molecule has 7 heteroatoms. The molecule has 0 unspecified atom stereocenters. The standard InChI is InChI=1S/C17H14N4O3/c1-10-19-17(24-21-10)14-8-3-2-7-13(14)16(23)20-12-6-4-5-11(9-12)15(18)22/h2-9H,1H3,(H2,18,22)(H,20,23). The van der Waals surface area contributed by atoms with Crippen LogP contribution in [0.15, 0.2) is 53.1 Å². The highest BCUT2D eigenvalue weighted by Gasteiger charge is 2.17. The van der Waals surface area contributed by atoms with Gasteiger partial charge in [0.15, 0.2) is 5.82 Å². The first-order valence-corrected chi connectivity index (χ1v) is 7.15. The molecule has 0 aliphatic heterocycles. The predicted molar refractivity (Wildman–Crippen MR) is 87.4 cm³/mol. The topological polar surface area (TPSA) is 111 Å². The molecule has 7 nitrogen and oxygen atoms in total. The van der Waals surface area contributed by atoms with Crippen LogP contribution < -0.4 is 11.1 Å². The van der Waals surface area contributed by atoms with Crippen molar-refractivity contribution in [3.63, 3.8) is 0 Å². The molecule has 3 aromatic rings. The first-order valence-electron chi connectivity index (χ1n) is 7.15. The lowest BCUT2D eigenvalue weighted by molar-refractivity contribution is 0.0996. The van der Waals surface area contributed by atoms with Gasteiger partial charge in [-0.25, -0.2) is 0 Å². The largest absolute Gasteiger partial charge is 0.366 e. The van der Waals surface area contributed by atoms with Gasteiger partial charge in [0.05, 0.1) is 11.1 Å². The molecule has 0 spiro atoms. The number of aromatic nitrogens is 2.